The summed E-state index contributed by atoms with van der Waals surface area (Å²) in [6.45, 7) is 5.01. The Bertz CT molecular complexity index is 451. The van der Waals surface area contributed by atoms with Gasteiger partial charge in [0.2, 0.25) is 11.8 Å². The van der Waals surface area contributed by atoms with Gasteiger partial charge < -0.3 is 8.98 Å². The monoisotopic (exact) mass is 238 g/mol. The largest absolute Gasteiger partial charge is 0.424 e. The Balaban J connectivity index is 1.96. The second kappa shape index (κ2) is 5.16. The maximum absolute atomic E-state index is 5.42. The molecule has 0 N–H and O–H groups in total. The first-order valence-electron chi connectivity index (χ1n) is 5.28. The summed E-state index contributed by atoms with van der Waals surface area (Å²) < 4.78 is 7.51. The van der Waals surface area contributed by atoms with Gasteiger partial charge in [0.15, 0.2) is 5.16 Å². The van der Waals surface area contributed by atoms with Gasteiger partial charge >= 0.3 is 0 Å². The second-order valence-corrected chi connectivity index (χ2v) is 4.17. The van der Waals surface area contributed by atoms with Crippen molar-refractivity contribution in [3.8, 4) is 0 Å². The molecule has 0 aliphatic heterocycles. The zero-order valence-electron chi connectivity index (χ0n) is 9.38. The van der Waals surface area contributed by atoms with Gasteiger partial charge in [-0.05, 0) is 6.92 Å². The molecular weight excluding hydrogens is 224 g/mol. The second-order valence-electron chi connectivity index (χ2n) is 3.23. The average molecular weight is 238 g/mol. The molecule has 86 valence electrons. The van der Waals surface area contributed by atoms with E-state index in [1.807, 2.05) is 13.1 Å². The number of hydrogen-bond donors (Lipinski definition) is 0. The first-order chi connectivity index (χ1) is 7.83. The van der Waals surface area contributed by atoms with Crippen LogP contribution in [0.2, 0.25) is 0 Å². The van der Waals surface area contributed by atoms with Gasteiger partial charge in [0.1, 0.15) is 0 Å². The lowest BCUT2D eigenvalue weighted by Gasteiger charge is -2.01. The van der Waals surface area contributed by atoms with E-state index < -0.39 is 0 Å². The van der Waals surface area contributed by atoms with E-state index >= 15 is 0 Å². The number of rotatable bonds is 5. The molecule has 2 aromatic heterocycles. The Hall–Kier alpha value is -1.30. The molecule has 16 heavy (non-hydrogen) atoms. The van der Waals surface area contributed by atoms with Crippen LogP contribution < -0.4 is 0 Å². The first-order valence-corrected chi connectivity index (χ1v) is 6.27. The number of nitrogens with zero attached hydrogens (tertiary/aromatic N) is 4. The van der Waals surface area contributed by atoms with Gasteiger partial charge in [-0.15, -0.1) is 10.2 Å². The summed E-state index contributed by atoms with van der Waals surface area (Å²) in [5.41, 5.74) is 0. The molecule has 2 heterocycles. The molecule has 0 amide bonds. The van der Waals surface area contributed by atoms with Crippen LogP contribution in [0.15, 0.2) is 22.0 Å². The van der Waals surface area contributed by atoms with E-state index in [0.717, 1.165) is 18.1 Å². The maximum atomic E-state index is 5.42. The molecule has 0 radical (unpaired) electrons. The molecule has 0 aromatic carbocycles. The average Bonchev–Trinajstić information content (AvgIpc) is 2.94. The topological polar surface area (TPSA) is 56.7 Å². The van der Waals surface area contributed by atoms with Crippen LogP contribution in [0.4, 0.5) is 0 Å². The summed E-state index contributed by atoms with van der Waals surface area (Å²) in [4.78, 5) is 4.27. The number of imidazole rings is 1. The summed E-state index contributed by atoms with van der Waals surface area (Å²) in [5, 5.41) is 8.87. The van der Waals surface area contributed by atoms with Crippen molar-refractivity contribution >= 4 is 11.8 Å². The normalized spacial score (nSPS) is 10.9. The maximum Gasteiger partial charge on any atom is 0.226 e. The summed E-state index contributed by atoms with van der Waals surface area (Å²) in [6.07, 6.45) is 4.55. The summed E-state index contributed by atoms with van der Waals surface area (Å²) in [5.74, 6) is 2.02. The van der Waals surface area contributed by atoms with E-state index in [-0.39, 0.29) is 0 Å². The minimum absolute atomic E-state index is 0.660. The Morgan fingerprint density at radius 3 is 2.81 bits per heavy atom. The van der Waals surface area contributed by atoms with Gasteiger partial charge in [-0.1, -0.05) is 18.7 Å². The fraction of sp³-hybridized carbons (Fsp3) is 0.500. The van der Waals surface area contributed by atoms with E-state index in [1.165, 1.54) is 0 Å². The van der Waals surface area contributed by atoms with Crippen LogP contribution in [-0.4, -0.2) is 19.7 Å². The molecule has 0 atom stereocenters. The molecule has 0 fully saturated rings. The highest BCUT2D eigenvalue weighted by molar-refractivity contribution is 7.98. The lowest BCUT2D eigenvalue weighted by Crippen LogP contribution is -1.94. The molecule has 2 rings (SSSR count). The molecule has 0 unspecified atom stereocenters. The highest BCUT2D eigenvalue weighted by atomic mass is 32.2. The van der Waals surface area contributed by atoms with E-state index in [4.69, 9.17) is 4.42 Å². The summed E-state index contributed by atoms with van der Waals surface area (Å²) in [6, 6.07) is 0. The smallest absolute Gasteiger partial charge is 0.226 e. The fourth-order valence-corrected chi connectivity index (χ4v) is 2.15. The van der Waals surface area contributed by atoms with E-state index in [9.17, 15) is 0 Å². The lowest BCUT2D eigenvalue weighted by atomic mass is 10.5. The molecule has 0 bridgehead atoms. The zero-order valence-corrected chi connectivity index (χ0v) is 10.2. The van der Waals surface area contributed by atoms with Crippen LogP contribution >= 0.6 is 11.8 Å². The van der Waals surface area contributed by atoms with Gasteiger partial charge in [0.25, 0.3) is 0 Å². The molecule has 5 nitrogen and oxygen atoms in total. The SMILES string of the molecule is CCc1nnc(CSc2nccn2CC)o1. The molecular formula is C10H14N4OS. The molecule has 0 spiro atoms. The number of aryl methyl sites for hydroxylation is 2. The van der Waals surface area contributed by atoms with E-state index in [0.29, 0.717) is 17.5 Å². The fourth-order valence-electron chi connectivity index (χ4n) is 1.29. The third kappa shape index (κ3) is 2.44. The highest BCUT2D eigenvalue weighted by Crippen LogP contribution is 2.20. The summed E-state index contributed by atoms with van der Waals surface area (Å²) in [7, 11) is 0. The number of aromatic nitrogens is 4. The van der Waals surface area contributed by atoms with Crippen LogP contribution in [0.25, 0.3) is 0 Å². The molecule has 6 heteroatoms. The van der Waals surface area contributed by atoms with Crippen molar-refractivity contribution in [1.82, 2.24) is 19.7 Å². The predicted octanol–water partition coefficient (Wildman–Crippen LogP) is 2.14. The molecule has 0 saturated heterocycles. The summed E-state index contributed by atoms with van der Waals surface area (Å²) >= 11 is 1.61. The zero-order chi connectivity index (χ0) is 11.4. The molecule has 0 saturated carbocycles. The lowest BCUT2D eigenvalue weighted by molar-refractivity contribution is 0.469. The van der Waals surface area contributed by atoms with Crippen molar-refractivity contribution in [2.45, 2.75) is 37.7 Å². The van der Waals surface area contributed by atoms with Crippen molar-refractivity contribution in [1.29, 1.82) is 0 Å². The Labute approximate surface area is 98.3 Å². The van der Waals surface area contributed by atoms with Gasteiger partial charge in [-0.2, -0.15) is 0 Å². The third-order valence-electron chi connectivity index (χ3n) is 2.15. The van der Waals surface area contributed by atoms with Crippen LogP contribution in [-0.2, 0) is 18.7 Å². The standard InChI is InChI=1S/C10H14N4OS/c1-3-8-12-13-9(15-8)7-16-10-11-5-6-14(10)4-2/h5-6H,3-4,7H2,1-2H3. The van der Waals surface area contributed by atoms with Crippen LogP contribution in [0.5, 0.6) is 0 Å². The Morgan fingerprint density at radius 2 is 2.12 bits per heavy atom. The molecule has 0 aliphatic rings. The van der Waals surface area contributed by atoms with Crippen LogP contribution in [0.1, 0.15) is 25.6 Å². The van der Waals surface area contributed by atoms with Gasteiger partial charge in [-0.3, -0.25) is 0 Å². The van der Waals surface area contributed by atoms with Crippen molar-refractivity contribution < 1.29 is 4.42 Å². The first kappa shape index (κ1) is 11.2. The van der Waals surface area contributed by atoms with Crippen molar-refractivity contribution in [2.75, 3.05) is 0 Å². The van der Waals surface area contributed by atoms with Gasteiger partial charge in [0.05, 0.1) is 5.75 Å². The minimum atomic E-state index is 0.660. The van der Waals surface area contributed by atoms with Crippen molar-refractivity contribution in [3.63, 3.8) is 0 Å². The Kier molecular flexibility index (Phi) is 3.61. The van der Waals surface area contributed by atoms with Gasteiger partial charge in [0, 0.05) is 25.4 Å². The number of hydrogen-bond acceptors (Lipinski definition) is 5. The van der Waals surface area contributed by atoms with E-state index in [1.54, 1.807) is 18.0 Å². The van der Waals surface area contributed by atoms with Crippen molar-refractivity contribution in [2.24, 2.45) is 0 Å². The van der Waals surface area contributed by atoms with Crippen LogP contribution in [0.3, 0.4) is 0 Å². The molecule has 2 aromatic rings. The predicted molar refractivity (Wildman–Crippen MR) is 61.1 cm³/mol. The quantitative estimate of drug-likeness (QED) is 0.747. The number of thioether (sulfide) groups is 1. The highest BCUT2D eigenvalue weighted by Gasteiger charge is 2.07. The minimum Gasteiger partial charge on any atom is -0.424 e. The Morgan fingerprint density at radius 1 is 1.31 bits per heavy atom. The third-order valence-corrected chi connectivity index (χ3v) is 3.14. The van der Waals surface area contributed by atoms with Gasteiger partial charge in [-0.25, -0.2) is 4.98 Å². The van der Waals surface area contributed by atoms with Crippen LogP contribution in [0, 0.1) is 0 Å². The van der Waals surface area contributed by atoms with Crippen molar-refractivity contribution in [3.05, 3.63) is 24.2 Å². The molecule has 0 aliphatic carbocycles. The van der Waals surface area contributed by atoms with E-state index in [2.05, 4.69) is 26.7 Å².